The molecule has 3 N–H and O–H groups in total. The molecule has 5 heteroatoms. The van der Waals surface area contributed by atoms with Gasteiger partial charge in [0.05, 0.1) is 6.61 Å². The molecule has 1 atom stereocenters. The zero-order chi connectivity index (χ0) is 12.1. The lowest BCUT2D eigenvalue weighted by molar-refractivity contribution is -0.144. The van der Waals surface area contributed by atoms with Gasteiger partial charge in [0.2, 0.25) is 0 Å². The molecule has 0 bridgehead atoms. The number of rotatable bonds is 4. The zero-order valence-corrected chi connectivity index (χ0v) is 9.70. The Morgan fingerprint density at radius 3 is 2.88 bits per heavy atom. The van der Waals surface area contributed by atoms with Crippen LogP contribution in [0.4, 0.5) is 0 Å². The largest absolute Gasteiger partial charge is 0.508 e. The summed E-state index contributed by atoms with van der Waals surface area (Å²) in [5, 5.41) is 9.95. The van der Waals surface area contributed by atoms with Crippen LogP contribution in [-0.4, -0.2) is 23.7 Å². The summed E-state index contributed by atoms with van der Waals surface area (Å²) < 4.78 is 4.77. The highest BCUT2D eigenvalue weighted by Gasteiger charge is 2.18. The summed E-state index contributed by atoms with van der Waals surface area (Å²) in [6, 6.07) is 3.94. The quantitative estimate of drug-likeness (QED) is 0.786. The first-order valence-corrected chi connectivity index (χ1v) is 5.32. The van der Waals surface area contributed by atoms with Crippen molar-refractivity contribution in [3.63, 3.8) is 0 Å². The summed E-state index contributed by atoms with van der Waals surface area (Å²) >= 11 is 5.89. The van der Waals surface area contributed by atoms with E-state index in [0.717, 1.165) is 0 Å². The van der Waals surface area contributed by atoms with Crippen molar-refractivity contribution in [3.8, 4) is 5.75 Å². The van der Waals surface area contributed by atoms with Gasteiger partial charge in [0, 0.05) is 17.0 Å². The number of ether oxygens (including phenoxy) is 1. The lowest BCUT2D eigenvalue weighted by atomic mass is 10.1. The number of phenolic OH excluding ortho intramolecular Hbond substituents is 1. The maximum absolute atomic E-state index is 11.3. The topological polar surface area (TPSA) is 72.5 Å². The van der Waals surface area contributed by atoms with E-state index in [2.05, 4.69) is 0 Å². The molecule has 0 amide bonds. The number of esters is 1. The predicted molar refractivity (Wildman–Crippen MR) is 61.4 cm³/mol. The van der Waals surface area contributed by atoms with Gasteiger partial charge in [-0.1, -0.05) is 17.7 Å². The summed E-state index contributed by atoms with van der Waals surface area (Å²) in [4.78, 5) is 11.3. The summed E-state index contributed by atoms with van der Waals surface area (Å²) in [5.74, 6) is -0.464. The van der Waals surface area contributed by atoms with Crippen molar-refractivity contribution in [2.24, 2.45) is 5.73 Å². The van der Waals surface area contributed by atoms with E-state index in [1.165, 1.54) is 6.07 Å². The smallest absolute Gasteiger partial charge is 0.323 e. The second-order valence-corrected chi connectivity index (χ2v) is 3.71. The molecule has 1 aromatic rings. The number of halogens is 1. The molecule has 0 aliphatic carbocycles. The fourth-order valence-electron chi connectivity index (χ4n) is 1.30. The molecule has 0 radical (unpaired) electrons. The first-order valence-electron chi connectivity index (χ1n) is 4.94. The van der Waals surface area contributed by atoms with E-state index in [1.54, 1.807) is 19.1 Å². The molecular weight excluding hydrogens is 230 g/mol. The average molecular weight is 244 g/mol. The van der Waals surface area contributed by atoms with Crippen LogP contribution in [0.2, 0.25) is 5.02 Å². The Hall–Kier alpha value is -1.26. The van der Waals surface area contributed by atoms with Gasteiger partial charge in [0.1, 0.15) is 11.8 Å². The first kappa shape index (κ1) is 12.8. The van der Waals surface area contributed by atoms with Gasteiger partial charge < -0.3 is 15.6 Å². The van der Waals surface area contributed by atoms with Crippen molar-refractivity contribution in [1.82, 2.24) is 0 Å². The molecule has 0 aliphatic rings. The van der Waals surface area contributed by atoms with E-state index in [4.69, 9.17) is 22.1 Å². The van der Waals surface area contributed by atoms with Crippen molar-refractivity contribution in [2.45, 2.75) is 19.4 Å². The molecule has 0 heterocycles. The molecule has 0 spiro atoms. The molecule has 0 aliphatic heterocycles. The Balaban J connectivity index is 2.76. The van der Waals surface area contributed by atoms with Gasteiger partial charge >= 0.3 is 5.97 Å². The van der Waals surface area contributed by atoms with Crippen molar-refractivity contribution >= 4 is 17.6 Å². The lowest BCUT2D eigenvalue weighted by Gasteiger charge is -2.12. The normalized spacial score (nSPS) is 12.2. The van der Waals surface area contributed by atoms with Crippen LogP contribution in [0.5, 0.6) is 5.75 Å². The van der Waals surface area contributed by atoms with Crippen molar-refractivity contribution < 1.29 is 14.6 Å². The number of benzene rings is 1. The first-order chi connectivity index (χ1) is 7.56. The Morgan fingerprint density at radius 2 is 2.31 bits per heavy atom. The average Bonchev–Trinajstić information content (AvgIpc) is 2.23. The van der Waals surface area contributed by atoms with Crippen LogP contribution < -0.4 is 5.73 Å². The third kappa shape index (κ3) is 3.12. The van der Waals surface area contributed by atoms with Crippen LogP contribution in [0, 0.1) is 0 Å². The maximum atomic E-state index is 11.3. The molecule has 1 aromatic carbocycles. The molecule has 1 rings (SSSR count). The van der Waals surface area contributed by atoms with Gasteiger partial charge in [-0.2, -0.15) is 0 Å². The summed E-state index contributed by atoms with van der Waals surface area (Å²) in [7, 11) is 0. The highest BCUT2D eigenvalue weighted by Crippen LogP contribution is 2.26. The number of aromatic hydroxyl groups is 1. The standard InChI is InChI=1S/C11H14ClNO3/c1-2-16-11(15)9(13)6-7-8(12)4-3-5-10(7)14/h3-5,9,14H,2,6,13H2,1H3. The summed E-state index contributed by atoms with van der Waals surface area (Å²) in [5.41, 5.74) is 6.09. The Labute approximate surface area is 99.0 Å². The molecule has 0 fully saturated rings. The molecule has 0 aromatic heterocycles. The van der Waals surface area contributed by atoms with E-state index >= 15 is 0 Å². The second kappa shape index (κ2) is 5.72. The number of carbonyl (C=O) groups excluding carboxylic acids is 1. The molecule has 16 heavy (non-hydrogen) atoms. The van der Waals surface area contributed by atoms with Gasteiger partial charge in [-0.3, -0.25) is 4.79 Å². The van der Waals surface area contributed by atoms with Gasteiger partial charge in [-0.05, 0) is 19.1 Å². The fourth-order valence-corrected chi connectivity index (χ4v) is 1.55. The number of hydrogen-bond acceptors (Lipinski definition) is 4. The maximum Gasteiger partial charge on any atom is 0.323 e. The van der Waals surface area contributed by atoms with Crippen molar-refractivity contribution in [3.05, 3.63) is 28.8 Å². The third-order valence-corrected chi connectivity index (χ3v) is 2.46. The second-order valence-electron chi connectivity index (χ2n) is 3.30. The highest BCUT2D eigenvalue weighted by molar-refractivity contribution is 6.31. The molecule has 4 nitrogen and oxygen atoms in total. The molecule has 88 valence electrons. The number of hydrogen-bond donors (Lipinski definition) is 2. The van der Waals surface area contributed by atoms with E-state index in [1.807, 2.05) is 0 Å². The predicted octanol–water partition coefficient (Wildman–Crippen LogP) is 1.48. The van der Waals surface area contributed by atoms with Crippen LogP contribution in [0.3, 0.4) is 0 Å². The van der Waals surface area contributed by atoms with E-state index in [9.17, 15) is 9.90 Å². The fraction of sp³-hybridized carbons (Fsp3) is 0.364. The minimum atomic E-state index is -0.814. The van der Waals surface area contributed by atoms with Crippen LogP contribution in [0.1, 0.15) is 12.5 Å². The Kier molecular flexibility index (Phi) is 4.58. The van der Waals surface area contributed by atoms with E-state index < -0.39 is 12.0 Å². The number of nitrogens with two attached hydrogens (primary N) is 1. The van der Waals surface area contributed by atoms with E-state index in [0.29, 0.717) is 10.6 Å². The highest BCUT2D eigenvalue weighted by atomic mass is 35.5. The van der Waals surface area contributed by atoms with Crippen LogP contribution in [0.25, 0.3) is 0 Å². The zero-order valence-electron chi connectivity index (χ0n) is 8.94. The van der Waals surface area contributed by atoms with Gasteiger partial charge in [-0.15, -0.1) is 0 Å². The van der Waals surface area contributed by atoms with Gasteiger partial charge in [0.15, 0.2) is 0 Å². The minimum absolute atomic E-state index is 0.0345. The number of carbonyl (C=O) groups is 1. The Bertz CT molecular complexity index is 361. The third-order valence-electron chi connectivity index (χ3n) is 2.11. The minimum Gasteiger partial charge on any atom is -0.508 e. The molecular formula is C11H14ClNO3. The monoisotopic (exact) mass is 243 g/mol. The molecule has 0 saturated heterocycles. The van der Waals surface area contributed by atoms with Gasteiger partial charge in [0.25, 0.3) is 0 Å². The number of phenols is 1. The Morgan fingerprint density at radius 1 is 1.62 bits per heavy atom. The van der Waals surface area contributed by atoms with Crippen LogP contribution >= 0.6 is 11.6 Å². The van der Waals surface area contributed by atoms with Gasteiger partial charge in [-0.25, -0.2) is 0 Å². The summed E-state index contributed by atoms with van der Waals surface area (Å²) in [6.45, 7) is 1.98. The van der Waals surface area contributed by atoms with E-state index in [-0.39, 0.29) is 18.8 Å². The lowest BCUT2D eigenvalue weighted by Crippen LogP contribution is -2.34. The van der Waals surface area contributed by atoms with Crippen LogP contribution in [0.15, 0.2) is 18.2 Å². The molecule has 0 saturated carbocycles. The summed E-state index contributed by atoms with van der Waals surface area (Å²) in [6.07, 6.45) is 0.157. The van der Waals surface area contributed by atoms with Crippen molar-refractivity contribution in [1.29, 1.82) is 0 Å². The molecule has 1 unspecified atom stereocenters. The van der Waals surface area contributed by atoms with Crippen molar-refractivity contribution in [2.75, 3.05) is 6.61 Å². The van der Waals surface area contributed by atoms with Crippen LogP contribution in [-0.2, 0) is 16.0 Å². The SMILES string of the molecule is CCOC(=O)C(N)Cc1c(O)cccc1Cl.